The summed E-state index contributed by atoms with van der Waals surface area (Å²) in [5, 5.41) is 3.94. The number of imidazole rings is 1. The molecule has 41 heavy (non-hydrogen) atoms. The Balaban J connectivity index is 1.69. The SMILES string of the molecule is COCCOCN(c1onc(C)c1C)S(=O)(=O)c1ccccc1-c1ccc(-c2nccn2C(=O)OC(C)(C)C)cc1. The molecule has 11 nitrogen and oxygen atoms in total. The highest BCUT2D eigenvalue weighted by Crippen LogP contribution is 2.34. The molecule has 4 aromatic rings. The molecular formula is C29H34N4O7S. The van der Waals surface area contributed by atoms with Gasteiger partial charge in [0, 0.05) is 36.2 Å². The summed E-state index contributed by atoms with van der Waals surface area (Å²) < 4.78 is 52.2. The van der Waals surface area contributed by atoms with Crippen LogP contribution < -0.4 is 4.31 Å². The van der Waals surface area contributed by atoms with Crippen LogP contribution in [0.2, 0.25) is 0 Å². The quantitative estimate of drug-likeness (QED) is 0.178. The van der Waals surface area contributed by atoms with Gasteiger partial charge in [-0.2, -0.15) is 0 Å². The van der Waals surface area contributed by atoms with E-state index in [0.29, 0.717) is 40.4 Å². The average Bonchev–Trinajstić information content (AvgIpc) is 3.55. The predicted octanol–water partition coefficient (Wildman–Crippen LogP) is 5.42. The number of methoxy groups -OCH3 is 1. The molecule has 0 unspecified atom stereocenters. The molecule has 2 aromatic heterocycles. The molecule has 0 bridgehead atoms. The minimum atomic E-state index is -4.16. The zero-order valence-electron chi connectivity index (χ0n) is 23.9. The second-order valence-corrected chi connectivity index (χ2v) is 12.1. The highest BCUT2D eigenvalue weighted by Gasteiger charge is 2.32. The number of rotatable bonds is 10. The number of hydrogen-bond acceptors (Lipinski definition) is 9. The van der Waals surface area contributed by atoms with Gasteiger partial charge in [0.05, 0.1) is 23.8 Å². The van der Waals surface area contributed by atoms with Gasteiger partial charge in [0.2, 0.25) is 5.88 Å². The molecule has 0 amide bonds. The molecule has 0 fully saturated rings. The fourth-order valence-electron chi connectivity index (χ4n) is 3.99. The Labute approximate surface area is 239 Å². The minimum Gasteiger partial charge on any atom is -0.443 e. The molecule has 0 radical (unpaired) electrons. The van der Waals surface area contributed by atoms with Crippen molar-refractivity contribution in [1.29, 1.82) is 0 Å². The van der Waals surface area contributed by atoms with E-state index in [4.69, 9.17) is 18.7 Å². The number of sulfonamides is 1. The van der Waals surface area contributed by atoms with Crippen LogP contribution >= 0.6 is 0 Å². The summed E-state index contributed by atoms with van der Waals surface area (Å²) in [6.45, 7) is 9.06. The molecule has 0 N–H and O–H groups in total. The van der Waals surface area contributed by atoms with Crippen LogP contribution in [-0.4, -0.2) is 61.9 Å². The van der Waals surface area contributed by atoms with Crippen molar-refractivity contribution >= 4 is 22.0 Å². The van der Waals surface area contributed by atoms with E-state index in [2.05, 4.69) is 10.1 Å². The van der Waals surface area contributed by atoms with E-state index in [9.17, 15) is 13.2 Å². The van der Waals surface area contributed by atoms with Crippen LogP contribution in [0.5, 0.6) is 0 Å². The third kappa shape index (κ3) is 6.67. The molecule has 218 valence electrons. The van der Waals surface area contributed by atoms with E-state index in [0.717, 1.165) is 4.31 Å². The monoisotopic (exact) mass is 582 g/mol. The first-order chi connectivity index (χ1) is 19.4. The number of nitrogens with zero attached hydrogens (tertiary/aromatic N) is 4. The van der Waals surface area contributed by atoms with Crippen LogP contribution in [-0.2, 0) is 24.2 Å². The minimum absolute atomic E-state index is 0.0619. The summed E-state index contributed by atoms with van der Waals surface area (Å²) in [5.41, 5.74) is 2.28. The van der Waals surface area contributed by atoms with Gasteiger partial charge in [-0.1, -0.05) is 47.6 Å². The molecule has 0 saturated carbocycles. The normalized spacial score (nSPS) is 12.0. The maximum Gasteiger partial charge on any atom is 0.420 e. The molecule has 0 aliphatic carbocycles. The second-order valence-electron chi connectivity index (χ2n) is 10.3. The lowest BCUT2D eigenvalue weighted by molar-refractivity contribution is 0.0539. The zero-order valence-corrected chi connectivity index (χ0v) is 24.8. The van der Waals surface area contributed by atoms with Gasteiger partial charge >= 0.3 is 6.09 Å². The van der Waals surface area contributed by atoms with Crippen LogP contribution in [0.25, 0.3) is 22.5 Å². The van der Waals surface area contributed by atoms with E-state index in [-0.39, 0.29) is 24.1 Å². The van der Waals surface area contributed by atoms with Gasteiger partial charge in [-0.3, -0.25) is 0 Å². The van der Waals surface area contributed by atoms with Crippen molar-refractivity contribution in [3.8, 4) is 22.5 Å². The smallest absolute Gasteiger partial charge is 0.420 e. The van der Waals surface area contributed by atoms with E-state index < -0.39 is 21.7 Å². The first-order valence-corrected chi connectivity index (χ1v) is 14.4. The highest BCUT2D eigenvalue weighted by atomic mass is 32.2. The summed E-state index contributed by atoms with van der Waals surface area (Å²) in [7, 11) is -2.63. The summed E-state index contributed by atoms with van der Waals surface area (Å²) >= 11 is 0. The highest BCUT2D eigenvalue weighted by molar-refractivity contribution is 7.93. The van der Waals surface area contributed by atoms with Gasteiger partial charge in [-0.25, -0.2) is 27.1 Å². The van der Waals surface area contributed by atoms with Crippen molar-refractivity contribution in [2.24, 2.45) is 0 Å². The number of carbonyl (C=O) groups is 1. The van der Waals surface area contributed by atoms with Crippen molar-refractivity contribution in [1.82, 2.24) is 14.7 Å². The Kier molecular flexibility index (Phi) is 8.95. The van der Waals surface area contributed by atoms with Crippen LogP contribution in [0.1, 0.15) is 32.0 Å². The van der Waals surface area contributed by atoms with E-state index in [1.165, 1.54) is 30.1 Å². The van der Waals surface area contributed by atoms with Gasteiger partial charge in [-0.15, -0.1) is 0 Å². The maximum atomic E-state index is 14.1. The second kappa shape index (κ2) is 12.2. The fourth-order valence-corrected chi connectivity index (χ4v) is 5.54. The van der Waals surface area contributed by atoms with Gasteiger partial charge in [0.25, 0.3) is 10.0 Å². The maximum absolute atomic E-state index is 14.1. The lowest BCUT2D eigenvalue weighted by Crippen LogP contribution is -2.34. The van der Waals surface area contributed by atoms with Gasteiger partial charge in [0.1, 0.15) is 18.2 Å². The van der Waals surface area contributed by atoms with Gasteiger partial charge < -0.3 is 18.7 Å². The van der Waals surface area contributed by atoms with Crippen molar-refractivity contribution < 1.29 is 31.9 Å². The first-order valence-electron chi connectivity index (χ1n) is 12.9. The van der Waals surface area contributed by atoms with Crippen LogP contribution in [0.4, 0.5) is 10.7 Å². The third-order valence-corrected chi connectivity index (χ3v) is 7.90. The van der Waals surface area contributed by atoms with Gasteiger partial charge in [-0.05, 0) is 46.2 Å². The van der Waals surface area contributed by atoms with Crippen molar-refractivity contribution in [3.63, 3.8) is 0 Å². The van der Waals surface area contributed by atoms with Gasteiger partial charge in [0.15, 0.2) is 0 Å². The largest absolute Gasteiger partial charge is 0.443 e. The molecule has 0 aliphatic heterocycles. The zero-order chi connectivity index (χ0) is 29.8. The van der Waals surface area contributed by atoms with Crippen LogP contribution in [0, 0.1) is 13.8 Å². The van der Waals surface area contributed by atoms with Crippen LogP contribution in [0.3, 0.4) is 0 Å². The molecule has 0 atom stereocenters. The fraction of sp³-hybridized carbons (Fsp3) is 0.345. The average molecular weight is 583 g/mol. The van der Waals surface area contributed by atoms with Crippen LogP contribution in [0.15, 0.2) is 70.3 Å². The standard InChI is InChI=1S/C29H34N4O7S/c1-20-21(2)31-40-27(20)33(19-38-18-17-37-6)41(35,36)25-10-8-7-9-24(25)22-11-13-23(14-12-22)26-30-15-16-32(26)28(34)39-29(3,4)5/h7-16H,17-19H2,1-6H3. The number of hydrogen-bond donors (Lipinski definition) is 0. The Morgan fingerprint density at radius 2 is 1.71 bits per heavy atom. The lowest BCUT2D eigenvalue weighted by Gasteiger charge is -2.23. The third-order valence-electron chi connectivity index (χ3n) is 6.14. The number of aryl methyl sites for hydroxylation is 1. The van der Waals surface area contributed by atoms with Crippen molar-refractivity contribution in [3.05, 3.63) is 72.2 Å². The molecule has 0 spiro atoms. The van der Waals surface area contributed by atoms with E-state index >= 15 is 0 Å². The number of benzene rings is 2. The Bertz CT molecular complexity index is 1600. The van der Waals surface area contributed by atoms with E-state index in [1.54, 1.807) is 77.1 Å². The molecule has 2 heterocycles. The lowest BCUT2D eigenvalue weighted by atomic mass is 10.0. The summed E-state index contributed by atoms with van der Waals surface area (Å²) in [5.74, 6) is 0.487. The summed E-state index contributed by atoms with van der Waals surface area (Å²) in [4.78, 5) is 17.1. The Morgan fingerprint density at radius 1 is 1.02 bits per heavy atom. The summed E-state index contributed by atoms with van der Waals surface area (Å²) in [6, 6.07) is 13.8. The number of carbonyl (C=O) groups excluding carboxylic acids is 1. The topological polar surface area (TPSA) is 126 Å². The molecule has 0 aliphatic rings. The molecule has 12 heteroatoms. The summed E-state index contributed by atoms with van der Waals surface area (Å²) in [6.07, 6.45) is 2.51. The molecular weight excluding hydrogens is 548 g/mol. The number of aromatic nitrogens is 3. The first kappa shape index (κ1) is 30.0. The van der Waals surface area contributed by atoms with E-state index in [1.807, 2.05) is 0 Å². The number of ether oxygens (including phenoxy) is 3. The molecule has 0 saturated heterocycles. The number of anilines is 1. The molecule has 2 aromatic carbocycles. The molecule has 4 rings (SSSR count). The predicted molar refractivity (Wildman–Crippen MR) is 153 cm³/mol. The Morgan fingerprint density at radius 3 is 2.34 bits per heavy atom. The Hall–Kier alpha value is -4.00. The van der Waals surface area contributed by atoms with Crippen molar-refractivity contribution in [2.75, 3.05) is 31.4 Å². The van der Waals surface area contributed by atoms with Crippen molar-refractivity contribution in [2.45, 2.75) is 45.1 Å².